The molecular weight excluding hydrogens is 246 g/mol. The summed E-state index contributed by atoms with van der Waals surface area (Å²) >= 11 is 0. The second kappa shape index (κ2) is 4.10. The highest BCUT2D eigenvalue weighted by Gasteiger charge is 2.19. The molecule has 0 spiro atoms. The molecule has 0 saturated heterocycles. The lowest BCUT2D eigenvalue weighted by Gasteiger charge is -1.97. The third kappa shape index (κ3) is 1.90. The van der Waals surface area contributed by atoms with Crippen LogP contribution in [0.15, 0.2) is 12.1 Å². The molecule has 0 radical (unpaired) electrons. The molecule has 0 unspecified atom stereocenters. The first-order valence-corrected chi connectivity index (χ1v) is 4.91. The van der Waals surface area contributed by atoms with Crippen LogP contribution in [-0.4, -0.2) is 22.0 Å². The Morgan fingerprint density at radius 1 is 1.28 bits per heavy atom. The molecule has 0 saturated carbocycles. The van der Waals surface area contributed by atoms with Crippen LogP contribution in [0.25, 0.3) is 10.9 Å². The predicted octanol–water partition coefficient (Wildman–Crippen LogP) is 1.17. The van der Waals surface area contributed by atoms with E-state index >= 15 is 0 Å². The van der Waals surface area contributed by atoms with E-state index < -0.39 is 29.9 Å². The van der Waals surface area contributed by atoms with Crippen molar-refractivity contribution in [1.29, 1.82) is 0 Å². The van der Waals surface area contributed by atoms with Crippen LogP contribution < -0.4 is 5.73 Å². The largest absolute Gasteiger partial charge is 0.481 e. The monoisotopic (exact) mass is 254 g/mol. The van der Waals surface area contributed by atoms with E-state index in [9.17, 15) is 18.4 Å². The molecule has 1 aromatic heterocycles. The zero-order chi connectivity index (χ0) is 13.4. The number of hydrogen-bond donors (Lipinski definition) is 3. The van der Waals surface area contributed by atoms with E-state index in [-0.39, 0.29) is 22.2 Å². The van der Waals surface area contributed by atoms with Crippen LogP contribution >= 0.6 is 0 Å². The van der Waals surface area contributed by atoms with Gasteiger partial charge >= 0.3 is 5.97 Å². The fourth-order valence-electron chi connectivity index (χ4n) is 1.81. The first-order chi connectivity index (χ1) is 8.40. The van der Waals surface area contributed by atoms with Crippen LogP contribution in [0.3, 0.4) is 0 Å². The van der Waals surface area contributed by atoms with E-state index in [4.69, 9.17) is 10.8 Å². The van der Waals surface area contributed by atoms with Gasteiger partial charge in [0.25, 0.3) is 5.91 Å². The average Bonchev–Trinajstić information content (AvgIpc) is 2.55. The Balaban J connectivity index is 2.75. The Hall–Kier alpha value is -2.44. The summed E-state index contributed by atoms with van der Waals surface area (Å²) < 4.78 is 26.1. The van der Waals surface area contributed by atoms with Crippen molar-refractivity contribution in [2.24, 2.45) is 5.73 Å². The highest BCUT2D eigenvalue weighted by atomic mass is 19.2. The number of carbonyl (C=O) groups is 2. The number of hydrogen-bond acceptors (Lipinski definition) is 2. The quantitative estimate of drug-likeness (QED) is 0.767. The topological polar surface area (TPSA) is 96.2 Å². The van der Waals surface area contributed by atoms with Gasteiger partial charge in [-0.2, -0.15) is 0 Å². The maximum atomic E-state index is 13.1. The summed E-state index contributed by atoms with van der Waals surface area (Å²) in [5, 5.41) is 8.75. The number of nitrogens with two attached hydrogens (primary N) is 1. The number of fused-ring (bicyclic) bond motifs is 1. The van der Waals surface area contributed by atoms with Crippen molar-refractivity contribution in [2.45, 2.75) is 6.42 Å². The first-order valence-electron chi connectivity index (χ1n) is 4.91. The molecule has 7 heteroatoms. The van der Waals surface area contributed by atoms with Gasteiger partial charge in [0.1, 0.15) is 0 Å². The molecule has 0 bridgehead atoms. The van der Waals surface area contributed by atoms with Crippen LogP contribution in [0.5, 0.6) is 0 Å². The van der Waals surface area contributed by atoms with Gasteiger partial charge in [-0.15, -0.1) is 0 Å². The molecule has 2 aromatic rings. The van der Waals surface area contributed by atoms with Crippen molar-refractivity contribution in [2.75, 3.05) is 0 Å². The Morgan fingerprint density at radius 2 is 1.89 bits per heavy atom. The summed E-state index contributed by atoms with van der Waals surface area (Å²) in [5.41, 5.74) is 5.14. The second-order valence-electron chi connectivity index (χ2n) is 3.73. The van der Waals surface area contributed by atoms with Gasteiger partial charge in [-0.05, 0) is 6.07 Å². The Labute approximate surface area is 99.2 Å². The maximum Gasteiger partial charge on any atom is 0.309 e. The van der Waals surface area contributed by atoms with Crippen molar-refractivity contribution >= 4 is 22.8 Å². The summed E-state index contributed by atoms with van der Waals surface area (Å²) in [6.07, 6.45) is -0.490. The van der Waals surface area contributed by atoms with Crippen molar-refractivity contribution in [3.63, 3.8) is 0 Å². The van der Waals surface area contributed by atoms with Crippen molar-refractivity contribution in [3.8, 4) is 0 Å². The van der Waals surface area contributed by atoms with E-state index in [0.717, 1.165) is 12.1 Å². The number of primary amides is 1. The molecule has 1 amide bonds. The molecule has 2 rings (SSSR count). The Morgan fingerprint density at radius 3 is 2.44 bits per heavy atom. The second-order valence-corrected chi connectivity index (χ2v) is 3.73. The van der Waals surface area contributed by atoms with Crippen LogP contribution in [0.1, 0.15) is 16.1 Å². The predicted molar refractivity (Wildman–Crippen MR) is 58.1 cm³/mol. The summed E-state index contributed by atoms with van der Waals surface area (Å²) in [4.78, 5) is 24.5. The average molecular weight is 254 g/mol. The van der Waals surface area contributed by atoms with Gasteiger partial charge < -0.3 is 15.8 Å². The zero-order valence-electron chi connectivity index (χ0n) is 8.96. The number of amides is 1. The number of aromatic amines is 1. The van der Waals surface area contributed by atoms with Crippen molar-refractivity contribution in [3.05, 3.63) is 35.0 Å². The summed E-state index contributed by atoms with van der Waals surface area (Å²) in [7, 11) is 0. The maximum absolute atomic E-state index is 13.1. The number of carboxylic acids is 1. The van der Waals surface area contributed by atoms with Crippen LogP contribution in [0, 0.1) is 11.6 Å². The molecule has 5 nitrogen and oxygen atoms in total. The summed E-state index contributed by atoms with van der Waals surface area (Å²) in [6, 6.07) is 1.66. The molecule has 0 atom stereocenters. The molecular formula is C11H8F2N2O3. The Kier molecular flexibility index (Phi) is 2.74. The first kappa shape index (κ1) is 12.0. The molecule has 1 aromatic carbocycles. The summed E-state index contributed by atoms with van der Waals surface area (Å²) in [5.74, 6) is -4.32. The number of rotatable bonds is 3. The number of benzene rings is 1. The minimum atomic E-state index is -1.19. The van der Waals surface area contributed by atoms with E-state index in [1.165, 1.54) is 0 Å². The van der Waals surface area contributed by atoms with Crippen LogP contribution in [0.2, 0.25) is 0 Å². The Bertz CT molecular complexity index is 664. The van der Waals surface area contributed by atoms with Crippen LogP contribution in [-0.2, 0) is 11.2 Å². The fourth-order valence-corrected chi connectivity index (χ4v) is 1.81. The molecule has 18 heavy (non-hydrogen) atoms. The molecule has 0 aliphatic rings. The van der Waals surface area contributed by atoms with Gasteiger partial charge in [0.2, 0.25) is 0 Å². The lowest BCUT2D eigenvalue weighted by molar-refractivity contribution is -0.136. The zero-order valence-corrected chi connectivity index (χ0v) is 8.96. The number of H-pyrrole nitrogens is 1. The smallest absolute Gasteiger partial charge is 0.309 e. The third-order valence-electron chi connectivity index (χ3n) is 2.49. The van der Waals surface area contributed by atoms with E-state index in [0.29, 0.717) is 0 Å². The lowest BCUT2D eigenvalue weighted by atomic mass is 10.1. The number of carbonyl (C=O) groups excluding carboxylic acids is 1. The molecule has 0 aliphatic heterocycles. The molecule has 0 aliphatic carbocycles. The standard InChI is InChI=1S/C11H8F2N2O3/c12-5-1-4-7(2-6(5)13)15-8(3-9(16)17)10(4)11(14)18/h1-2,15H,3H2,(H2,14,18)(H,16,17). The van der Waals surface area contributed by atoms with Crippen LogP contribution in [0.4, 0.5) is 8.78 Å². The van der Waals surface area contributed by atoms with Gasteiger partial charge in [-0.3, -0.25) is 9.59 Å². The highest BCUT2D eigenvalue weighted by Crippen LogP contribution is 2.25. The highest BCUT2D eigenvalue weighted by molar-refractivity contribution is 6.08. The van der Waals surface area contributed by atoms with Crippen molar-refractivity contribution < 1.29 is 23.5 Å². The normalized spacial score (nSPS) is 10.8. The summed E-state index contributed by atoms with van der Waals surface area (Å²) in [6.45, 7) is 0. The molecule has 4 N–H and O–H groups in total. The van der Waals surface area contributed by atoms with E-state index in [2.05, 4.69) is 4.98 Å². The van der Waals surface area contributed by atoms with Crippen molar-refractivity contribution in [1.82, 2.24) is 4.98 Å². The minimum absolute atomic E-state index is 0.0231. The van der Waals surface area contributed by atoms with Gasteiger partial charge in [0, 0.05) is 22.7 Å². The number of carboxylic acid groups (broad SMARTS) is 1. The fraction of sp³-hybridized carbons (Fsp3) is 0.0909. The number of aliphatic carboxylic acids is 1. The minimum Gasteiger partial charge on any atom is -0.481 e. The number of aromatic nitrogens is 1. The third-order valence-corrected chi connectivity index (χ3v) is 2.49. The molecule has 0 fully saturated rings. The van der Waals surface area contributed by atoms with Gasteiger partial charge in [-0.25, -0.2) is 8.78 Å². The van der Waals surface area contributed by atoms with Gasteiger partial charge in [0.05, 0.1) is 12.0 Å². The molecule has 94 valence electrons. The van der Waals surface area contributed by atoms with Gasteiger partial charge in [0.15, 0.2) is 11.6 Å². The SMILES string of the molecule is NC(=O)c1c(CC(=O)O)[nH]c2cc(F)c(F)cc12. The van der Waals surface area contributed by atoms with E-state index in [1.807, 2.05) is 0 Å². The molecule has 1 heterocycles. The number of nitrogens with one attached hydrogen (secondary N) is 1. The lowest BCUT2D eigenvalue weighted by Crippen LogP contribution is -2.14. The number of halogens is 2. The van der Waals surface area contributed by atoms with Gasteiger partial charge in [-0.1, -0.05) is 0 Å². The van der Waals surface area contributed by atoms with E-state index in [1.54, 1.807) is 0 Å².